The summed E-state index contributed by atoms with van der Waals surface area (Å²) in [5.74, 6) is 3.39. The first-order valence-corrected chi connectivity index (χ1v) is 8.87. The highest BCUT2D eigenvalue weighted by Crippen LogP contribution is 2.26. The Labute approximate surface area is 120 Å². The Morgan fingerprint density at radius 1 is 0.938 bits per heavy atom. The molecule has 2 nitrogen and oxygen atoms in total. The van der Waals surface area contributed by atoms with Gasteiger partial charge >= 0.3 is 0 Å². The molecule has 0 saturated heterocycles. The van der Waals surface area contributed by atoms with Crippen molar-refractivity contribution in [3.8, 4) is 0 Å². The van der Waals surface area contributed by atoms with Crippen molar-refractivity contribution in [2.24, 2.45) is 0 Å². The summed E-state index contributed by atoms with van der Waals surface area (Å²) in [5, 5.41) is 0. The zero-order chi connectivity index (χ0) is 12.6. The van der Waals surface area contributed by atoms with Crippen molar-refractivity contribution in [1.82, 2.24) is 7.42 Å². The second-order valence-electron chi connectivity index (χ2n) is 3.86. The van der Waals surface area contributed by atoms with Crippen molar-refractivity contribution in [3.63, 3.8) is 0 Å². The summed E-state index contributed by atoms with van der Waals surface area (Å²) in [7, 11) is 0. The van der Waals surface area contributed by atoms with Crippen molar-refractivity contribution >= 4 is 48.7 Å². The van der Waals surface area contributed by atoms with Gasteiger partial charge < -0.3 is 0 Å². The molecule has 0 aromatic heterocycles. The first-order valence-electron chi connectivity index (χ1n) is 5.65. The molecule has 0 saturated carbocycles. The Balaban J connectivity index is 3.62. The molecule has 0 N–H and O–H groups in total. The van der Waals surface area contributed by atoms with Crippen LogP contribution in [0.4, 0.5) is 0 Å². The molecule has 98 valence electrons. The van der Waals surface area contributed by atoms with E-state index in [-0.39, 0.29) is 0 Å². The van der Waals surface area contributed by atoms with Crippen molar-refractivity contribution < 1.29 is 0 Å². The summed E-state index contributed by atoms with van der Waals surface area (Å²) in [4.78, 5) is 0. The zero-order valence-electron chi connectivity index (χ0n) is 10.8. The summed E-state index contributed by atoms with van der Waals surface area (Å²) in [5.41, 5.74) is 0. The van der Waals surface area contributed by atoms with Crippen LogP contribution >= 0.6 is 48.7 Å². The topological polar surface area (TPSA) is 6.48 Å². The van der Waals surface area contributed by atoms with Gasteiger partial charge in [0.05, 0.1) is 0 Å². The number of hydrogen-bond acceptors (Lipinski definition) is 6. The molecule has 0 bridgehead atoms. The standard InChI is InChI=1S/C10H24N2S4/c1-6-14-12(10(4)5)16-8-7-15-11(13)9(2)3/h9-10,13H,6-8H2,1-5H3. The fourth-order valence-corrected chi connectivity index (χ4v) is 4.06. The van der Waals surface area contributed by atoms with Crippen LogP contribution < -0.4 is 0 Å². The average molecular weight is 301 g/mol. The first-order chi connectivity index (χ1) is 7.49. The molecule has 0 amide bonds. The summed E-state index contributed by atoms with van der Waals surface area (Å²) in [6.45, 7) is 11.0. The highest BCUT2D eigenvalue weighted by Gasteiger charge is 2.10. The smallest absolute Gasteiger partial charge is 0.0258 e. The van der Waals surface area contributed by atoms with E-state index < -0.39 is 0 Å². The molecule has 0 aliphatic rings. The van der Waals surface area contributed by atoms with Gasteiger partial charge in [-0.25, -0.2) is 0 Å². The SMILES string of the molecule is CCSN(SCCSN(S)C(C)C)C(C)C. The van der Waals surface area contributed by atoms with Gasteiger partial charge in [-0.3, -0.25) is 0 Å². The van der Waals surface area contributed by atoms with Gasteiger partial charge in [0, 0.05) is 29.3 Å². The number of hydrogen-bond donors (Lipinski definition) is 1. The van der Waals surface area contributed by atoms with Gasteiger partial charge in [-0.2, -0.15) is 7.42 Å². The third-order valence-electron chi connectivity index (χ3n) is 1.65. The van der Waals surface area contributed by atoms with Crippen LogP contribution in [0, 0.1) is 0 Å². The van der Waals surface area contributed by atoms with Crippen LogP contribution in [0.2, 0.25) is 0 Å². The van der Waals surface area contributed by atoms with Gasteiger partial charge in [-0.1, -0.05) is 55.6 Å². The van der Waals surface area contributed by atoms with Gasteiger partial charge in [-0.05, 0) is 27.7 Å². The number of nitrogens with zero attached hydrogens (tertiary/aromatic N) is 2. The number of thiol groups is 1. The maximum Gasteiger partial charge on any atom is 0.0258 e. The van der Waals surface area contributed by atoms with Crippen LogP contribution in [-0.2, 0) is 0 Å². The molecule has 0 spiro atoms. The zero-order valence-corrected chi connectivity index (χ0v) is 14.2. The van der Waals surface area contributed by atoms with E-state index >= 15 is 0 Å². The summed E-state index contributed by atoms with van der Waals surface area (Å²) < 4.78 is 4.41. The third-order valence-corrected chi connectivity index (χ3v) is 6.41. The fraction of sp³-hybridized carbons (Fsp3) is 1.00. The van der Waals surface area contributed by atoms with E-state index in [0.717, 1.165) is 17.3 Å². The average Bonchev–Trinajstić information content (AvgIpc) is 2.21. The molecule has 0 aromatic rings. The van der Waals surface area contributed by atoms with Gasteiger partial charge in [0.2, 0.25) is 0 Å². The highest BCUT2D eigenvalue weighted by atomic mass is 32.2. The minimum Gasteiger partial charge on any atom is -0.195 e. The molecule has 0 unspecified atom stereocenters. The van der Waals surface area contributed by atoms with Crippen LogP contribution in [0.5, 0.6) is 0 Å². The summed E-state index contributed by atoms with van der Waals surface area (Å²) >= 11 is 10.0. The minimum absolute atomic E-state index is 0.490. The molecular formula is C10H24N2S4. The maximum atomic E-state index is 4.40. The molecule has 0 aliphatic carbocycles. The molecule has 0 heterocycles. The monoisotopic (exact) mass is 300 g/mol. The van der Waals surface area contributed by atoms with Crippen LogP contribution in [0.25, 0.3) is 0 Å². The van der Waals surface area contributed by atoms with Crippen LogP contribution in [0.15, 0.2) is 0 Å². The predicted octanol–water partition coefficient (Wildman–Crippen LogP) is 4.22. The fourth-order valence-electron chi connectivity index (χ4n) is 0.870. The highest BCUT2D eigenvalue weighted by molar-refractivity contribution is 8.12. The molecule has 0 aromatic carbocycles. The predicted molar refractivity (Wildman–Crippen MR) is 86.0 cm³/mol. The summed E-state index contributed by atoms with van der Waals surface area (Å²) in [6.07, 6.45) is 0. The van der Waals surface area contributed by atoms with E-state index in [9.17, 15) is 0 Å². The van der Waals surface area contributed by atoms with Gasteiger partial charge in [0.25, 0.3) is 0 Å². The lowest BCUT2D eigenvalue weighted by Crippen LogP contribution is -2.18. The largest absolute Gasteiger partial charge is 0.195 e. The van der Waals surface area contributed by atoms with E-state index in [2.05, 4.69) is 51.1 Å². The van der Waals surface area contributed by atoms with E-state index in [1.54, 1.807) is 11.9 Å². The molecule has 0 radical (unpaired) electrons. The Bertz CT molecular complexity index is 167. The molecule has 0 rings (SSSR count). The lowest BCUT2D eigenvalue weighted by atomic mass is 10.4. The molecule has 6 heteroatoms. The Morgan fingerprint density at radius 3 is 1.94 bits per heavy atom. The van der Waals surface area contributed by atoms with Gasteiger partial charge in [0.15, 0.2) is 0 Å². The van der Waals surface area contributed by atoms with E-state index in [1.807, 2.05) is 27.6 Å². The quantitative estimate of drug-likeness (QED) is 0.386. The second kappa shape index (κ2) is 10.3. The second-order valence-corrected chi connectivity index (χ2v) is 8.14. The third kappa shape index (κ3) is 8.42. The van der Waals surface area contributed by atoms with E-state index in [1.165, 1.54) is 0 Å². The Kier molecular flexibility index (Phi) is 11.1. The molecular weight excluding hydrogens is 276 g/mol. The van der Waals surface area contributed by atoms with Gasteiger partial charge in [-0.15, -0.1) is 0 Å². The van der Waals surface area contributed by atoms with Crippen molar-refractivity contribution in [3.05, 3.63) is 0 Å². The summed E-state index contributed by atoms with van der Waals surface area (Å²) in [6, 6.07) is 1.08. The van der Waals surface area contributed by atoms with Crippen molar-refractivity contribution in [2.75, 3.05) is 17.3 Å². The first kappa shape index (κ1) is 17.3. The normalized spacial score (nSPS) is 12.4. The Hall–Kier alpha value is 1.32. The molecule has 0 aliphatic heterocycles. The molecule has 0 fully saturated rings. The maximum absolute atomic E-state index is 4.40. The Morgan fingerprint density at radius 2 is 1.50 bits per heavy atom. The van der Waals surface area contributed by atoms with E-state index in [0.29, 0.717) is 12.1 Å². The van der Waals surface area contributed by atoms with Gasteiger partial charge in [0.1, 0.15) is 0 Å². The number of rotatable bonds is 9. The molecule has 16 heavy (non-hydrogen) atoms. The molecule has 0 atom stereocenters. The van der Waals surface area contributed by atoms with E-state index in [4.69, 9.17) is 0 Å². The van der Waals surface area contributed by atoms with Crippen molar-refractivity contribution in [2.45, 2.75) is 46.7 Å². The lowest BCUT2D eigenvalue weighted by Gasteiger charge is -2.23. The lowest BCUT2D eigenvalue weighted by molar-refractivity contribution is 0.600. The minimum atomic E-state index is 0.490. The van der Waals surface area contributed by atoms with Crippen LogP contribution in [0.3, 0.4) is 0 Å². The van der Waals surface area contributed by atoms with Crippen LogP contribution in [-0.4, -0.2) is 36.8 Å². The van der Waals surface area contributed by atoms with Crippen molar-refractivity contribution in [1.29, 1.82) is 0 Å². The van der Waals surface area contributed by atoms with Crippen LogP contribution in [0.1, 0.15) is 34.6 Å².